The van der Waals surface area contributed by atoms with E-state index in [1.807, 2.05) is 16.7 Å². The van der Waals surface area contributed by atoms with Gasteiger partial charge in [0.1, 0.15) is 0 Å². The molecule has 1 amide bonds. The van der Waals surface area contributed by atoms with E-state index in [4.69, 9.17) is 14.8 Å². The highest BCUT2D eigenvalue weighted by Gasteiger charge is 2.27. The summed E-state index contributed by atoms with van der Waals surface area (Å²) in [7, 11) is 0. The Morgan fingerprint density at radius 3 is 2.78 bits per heavy atom. The number of fused-ring (bicyclic) bond motifs is 1. The van der Waals surface area contributed by atoms with E-state index in [1.165, 1.54) is 12.5 Å². The molecule has 37 heavy (non-hydrogen) atoms. The summed E-state index contributed by atoms with van der Waals surface area (Å²) in [6.45, 7) is 3.97. The Morgan fingerprint density at radius 1 is 1.16 bits per heavy atom. The first-order valence-corrected chi connectivity index (χ1v) is 13.7. The monoisotopic (exact) mass is 517 g/mol. The standard InChI is InChI=1S/C28H31N5O3S/c1-3-26(35)36-32-23-11-7-10-21(23)14-20-12-13-24-25(16-20)33(27(31-24)30-18(2)34)28-29-17-22(37-28)15-19-8-5-4-6-9-19/h4-6,8-9,12-13,16,21-22H,3,7,10-11,14-15,17H2,1-2H3,(H,30,31,34). The van der Waals surface area contributed by atoms with Gasteiger partial charge in [0, 0.05) is 24.5 Å². The maximum atomic E-state index is 12.0. The average Bonchev–Trinajstić information content (AvgIpc) is 3.61. The summed E-state index contributed by atoms with van der Waals surface area (Å²) >= 11 is 1.72. The summed E-state index contributed by atoms with van der Waals surface area (Å²) in [6, 6.07) is 16.6. The van der Waals surface area contributed by atoms with Gasteiger partial charge in [0.25, 0.3) is 0 Å². The van der Waals surface area contributed by atoms with Crippen LogP contribution in [0.2, 0.25) is 0 Å². The van der Waals surface area contributed by atoms with E-state index in [-0.39, 0.29) is 17.8 Å². The molecule has 1 aromatic heterocycles. The molecule has 3 aromatic rings. The average molecular weight is 518 g/mol. The van der Waals surface area contributed by atoms with E-state index < -0.39 is 0 Å². The van der Waals surface area contributed by atoms with Gasteiger partial charge in [0.15, 0.2) is 5.17 Å². The number of nitrogens with one attached hydrogen (secondary N) is 1. The Balaban J connectivity index is 1.40. The Morgan fingerprint density at radius 2 is 2.00 bits per heavy atom. The van der Waals surface area contributed by atoms with Crippen molar-refractivity contribution in [2.75, 3.05) is 11.9 Å². The zero-order valence-corrected chi connectivity index (χ0v) is 22.0. The molecule has 0 saturated heterocycles. The summed E-state index contributed by atoms with van der Waals surface area (Å²) in [6.07, 6.45) is 4.95. The lowest BCUT2D eigenvalue weighted by Gasteiger charge is -2.13. The lowest BCUT2D eigenvalue weighted by atomic mass is 9.96. The Bertz CT molecular complexity index is 1360. The molecule has 1 N–H and O–H groups in total. The SMILES string of the molecule is CCC(=O)ON=C1CCCC1Cc1ccc2nc(NC(C)=O)n(C3=NCC(Cc4ccccc4)S3)c2c1. The number of carbonyl (C=O) groups is 2. The maximum Gasteiger partial charge on any atom is 0.334 e. The molecule has 1 aliphatic carbocycles. The molecular weight excluding hydrogens is 486 g/mol. The van der Waals surface area contributed by atoms with Crippen LogP contribution in [-0.2, 0) is 27.3 Å². The number of hydrogen-bond acceptors (Lipinski definition) is 7. The first-order chi connectivity index (χ1) is 18.0. The van der Waals surface area contributed by atoms with Crippen molar-refractivity contribution in [3.05, 3.63) is 59.7 Å². The third-order valence-corrected chi connectivity index (χ3v) is 7.87. The minimum absolute atomic E-state index is 0.172. The third kappa shape index (κ3) is 5.93. The van der Waals surface area contributed by atoms with Crippen molar-refractivity contribution in [2.24, 2.45) is 16.1 Å². The van der Waals surface area contributed by atoms with Gasteiger partial charge in [-0.15, -0.1) is 0 Å². The van der Waals surface area contributed by atoms with E-state index in [0.29, 0.717) is 24.2 Å². The number of benzene rings is 2. The minimum Gasteiger partial charge on any atom is -0.318 e. The molecule has 0 spiro atoms. The molecule has 2 unspecified atom stereocenters. The van der Waals surface area contributed by atoms with Crippen molar-refractivity contribution in [1.82, 2.24) is 9.55 Å². The Hall–Kier alpha value is -3.46. The van der Waals surface area contributed by atoms with Crippen LogP contribution >= 0.6 is 11.8 Å². The maximum absolute atomic E-state index is 12.0. The van der Waals surface area contributed by atoms with Crippen LogP contribution in [-0.4, -0.2) is 44.1 Å². The van der Waals surface area contributed by atoms with E-state index in [0.717, 1.165) is 59.6 Å². The van der Waals surface area contributed by atoms with Gasteiger partial charge in [0.05, 0.1) is 23.3 Å². The van der Waals surface area contributed by atoms with Crippen LogP contribution in [0.4, 0.5) is 5.95 Å². The first kappa shape index (κ1) is 25.2. The zero-order valence-electron chi connectivity index (χ0n) is 21.1. The fourth-order valence-corrected chi connectivity index (χ4v) is 6.05. The zero-order chi connectivity index (χ0) is 25.8. The van der Waals surface area contributed by atoms with E-state index >= 15 is 0 Å². The van der Waals surface area contributed by atoms with Crippen molar-refractivity contribution >= 4 is 51.5 Å². The number of thioether (sulfide) groups is 1. The molecule has 2 atom stereocenters. The molecule has 2 heterocycles. The van der Waals surface area contributed by atoms with Crippen LogP contribution in [0.5, 0.6) is 0 Å². The van der Waals surface area contributed by atoms with Gasteiger partial charge < -0.3 is 4.84 Å². The van der Waals surface area contributed by atoms with E-state index in [9.17, 15) is 9.59 Å². The third-order valence-electron chi connectivity index (χ3n) is 6.70. The fourth-order valence-electron chi connectivity index (χ4n) is 4.89. The smallest absolute Gasteiger partial charge is 0.318 e. The molecule has 2 aliphatic rings. The van der Waals surface area contributed by atoms with Crippen molar-refractivity contribution in [3.63, 3.8) is 0 Å². The summed E-state index contributed by atoms with van der Waals surface area (Å²) in [5.41, 5.74) is 5.11. The second kappa shape index (κ2) is 11.3. The molecule has 0 radical (unpaired) electrons. The van der Waals surface area contributed by atoms with Crippen LogP contribution in [0.3, 0.4) is 0 Å². The number of carbonyl (C=O) groups excluding carboxylic acids is 2. The second-order valence-electron chi connectivity index (χ2n) is 9.52. The summed E-state index contributed by atoms with van der Waals surface area (Å²) < 4.78 is 1.97. The van der Waals surface area contributed by atoms with Crippen LogP contribution < -0.4 is 5.32 Å². The molecule has 9 heteroatoms. The highest BCUT2D eigenvalue weighted by Crippen LogP contribution is 2.32. The number of aliphatic imine (C=N–C) groups is 1. The first-order valence-electron chi connectivity index (χ1n) is 12.8. The molecule has 5 rings (SSSR count). The molecule has 0 bridgehead atoms. The molecule has 192 valence electrons. The summed E-state index contributed by atoms with van der Waals surface area (Å²) in [5, 5.41) is 8.23. The molecule has 1 fully saturated rings. The predicted octanol–water partition coefficient (Wildman–Crippen LogP) is 5.21. The summed E-state index contributed by atoms with van der Waals surface area (Å²) in [4.78, 5) is 38.2. The van der Waals surface area contributed by atoms with E-state index in [2.05, 4.69) is 46.9 Å². The van der Waals surface area contributed by atoms with Crippen LogP contribution in [0.1, 0.15) is 50.7 Å². The minimum atomic E-state index is -0.311. The van der Waals surface area contributed by atoms with Gasteiger partial charge in [-0.3, -0.25) is 19.7 Å². The van der Waals surface area contributed by atoms with Gasteiger partial charge in [-0.1, -0.05) is 60.2 Å². The number of rotatable bonds is 7. The van der Waals surface area contributed by atoms with Gasteiger partial charge in [0.2, 0.25) is 11.9 Å². The normalized spacial score (nSPS) is 20.4. The molecule has 1 saturated carbocycles. The predicted molar refractivity (Wildman–Crippen MR) is 148 cm³/mol. The van der Waals surface area contributed by atoms with Crippen molar-refractivity contribution in [3.8, 4) is 0 Å². The Labute approximate surface area is 220 Å². The van der Waals surface area contributed by atoms with Crippen LogP contribution in [0.15, 0.2) is 58.7 Å². The topological polar surface area (TPSA) is 97.9 Å². The largest absolute Gasteiger partial charge is 0.334 e. The number of oxime groups is 1. The van der Waals surface area contributed by atoms with Crippen molar-refractivity contribution in [2.45, 2.75) is 57.6 Å². The lowest BCUT2D eigenvalue weighted by molar-refractivity contribution is -0.143. The number of hydrogen-bond donors (Lipinski definition) is 1. The molecule has 8 nitrogen and oxygen atoms in total. The van der Waals surface area contributed by atoms with E-state index in [1.54, 1.807) is 18.7 Å². The number of amides is 1. The summed E-state index contributed by atoms with van der Waals surface area (Å²) in [5.74, 6) is 0.242. The number of aromatic nitrogens is 2. The highest BCUT2D eigenvalue weighted by atomic mass is 32.2. The highest BCUT2D eigenvalue weighted by molar-refractivity contribution is 8.14. The quantitative estimate of drug-likeness (QED) is 0.343. The van der Waals surface area contributed by atoms with Gasteiger partial charge >= 0.3 is 5.97 Å². The molecule has 2 aromatic carbocycles. The number of anilines is 1. The van der Waals surface area contributed by atoms with Crippen LogP contribution in [0, 0.1) is 5.92 Å². The fraction of sp³-hybridized carbons (Fsp3) is 0.393. The van der Waals surface area contributed by atoms with Gasteiger partial charge in [-0.25, -0.2) is 9.78 Å². The van der Waals surface area contributed by atoms with Gasteiger partial charge in [-0.2, -0.15) is 0 Å². The molecular formula is C28H31N5O3S. The Kier molecular flexibility index (Phi) is 7.69. The lowest BCUT2D eigenvalue weighted by Crippen LogP contribution is -2.16. The van der Waals surface area contributed by atoms with Crippen molar-refractivity contribution in [1.29, 1.82) is 0 Å². The molecule has 1 aliphatic heterocycles. The number of imidazole rings is 1. The number of nitrogens with zero attached hydrogens (tertiary/aromatic N) is 4. The second-order valence-corrected chi connectivity index (χ2v) is 10.8. The van der Waals surface area contributed by atoms with Crippen molar-refractivity contribution < 1.29 is 14.4 Å². The van der Waals surface area contributed by atoms with Crippen LogP contribution in [0.25, 0.3) is 11.0 Å². The van der Waals surface area contributed by atoms with Gasteiger partial charge in [-0.05, 0) is 55.4 Å².